The molecular weight excluding hydrogens is 420 g/mol. The standard InChI is InChI=1S/C29H27N2OSi/c1-19-9-15-24-27-23(20-10-13-22(14-11-20)33(3,4)5)16-12-21(18-30)28(27)32-29(24)26(19)25-8-6-7-17-31(25)2/h6-17H,1-5H3/q+1. The van der Waals surface area contributed by atoms with E-state index in [0.717, 1.165) is 44.3 Å². The molecule has 0 saturated carbocycles. The lowest BCUT2D eigenvalue weighted by Gasteiger charge is -2.17. The molecule has 0 aliphatic heterocycles. The fourth-order valence-corrected chi connectivity index (χ4v) is 5.79. The zero-order valence-corrected chi connectivity index (χ0v) is 20.7. The van der Waals surface area contributed by atoms with Crippen LogP contribution >= 0.6 is 0 Å². The number of pyridine rings is 1. The highest BCUT2D eigenvalue weighted by molar-refractivity contribution is 6.88. The molecule has 0 atom stereocenters. The maximum atomic E-state index is 9.82. The van der Waals surface area contributed by atoms with Crippen LogP contribution in [-0.2, 0) is 7.05 Å². The Morgan fingerprint density at radius 2 is 1.64 bits per heavy atom. The van der Waals surface area contributed by atoms with Crippen molar-refractivity contribution in [2.45, 2.75) is 26.6 Å². The maximum absolute atomic E-state index is 9.82. The molecule has 3 aromatic carbocycles. The fraction of sp³-hybridized carbons (Fsp3) is 0.172. The van der Waals surface area contributed by atoms with E-state index in [1.165, 1.54) is 5.19 Å². The van der Waals surface area contributed by atoms with Crippen molar-refractivity contribution in [2.24, 2.45) is 7.05 Å². The number of furan rings is 1. The first-order chi connectivity index (χ1) is 15.8. The maximum Gasteiger partial charge on any atom is 0.216 e. The van der Waals surface area contributed by atoms with Gasteiger partial charge in [0, 0.05) is 22.9 Å². The third-order valence-electron chi connectivity index (χ3n) is 6.49. The van der Waals surface area contributed by atoms with E-state index in [4.69, 9.17) is 4.42 Å². The molecule has 0 radical (unpaired) electrons. The number of aryl methyl sites for hydroxylation is 2. The van der Waals surface area contributed by atoms with Gasteiger partial charge >= 0.3 is 0 Å². The van der Waals surface area contributed by atoms with Crippen molar-refractivity contribution >= 4 is 35.2 Å². The summed E-state index contributed by atoms with van der Waals surface area (Å²) in [6.07, 6.45) is 2.04. The molecule has 0 bridgehead atoms. The van der Waals surface area contributed by atoms with Gasteiger partial charge in [-0.2, -0.15) is 5.26 Å². The fourth-order valence-electron chi connectivity index (χ4n) is 4.62. The molecule has 5 rings (SSSR count). The van der Waals surface area contributed by atoms with E-state index in [1.54, 1.807) is 0 Å². The Morgan fingerprint density at radius 1 is 0.879 bits per heavy atom. The summed E-state index contributed by atoms with van der Waals surface area (Å²) in [6, 6.07) is 25.6. The third-order valence-corrected chi connectivity index (χ3v) is 8.56. The minimum absolute atomic E-state index is 0.560. The number of fused-ring (bicyclic) bond motifs is 3. The van der Waals surface area contributed by atoms with E-state index in [-0.39, 0.29) is 0 Å². The highest BCUT2D eigenvalue weighted by Crippen LogP contribution is 2.42. The highest BCUT2D eigenvalue weighted by Gasteiger charge is 2.23. The molecular formula is C29H27N2OSi+. The number of hydrogen-bond donors (Lipinski definition) is 0. The van der Waals surface area contributed by atoms with Crippen LogP contribution in [0.1, 0.15) is 11.1 Å². The number of nitrogens with zero attached hydrogens (tertiary/aromatic N) is 2. The van der Waals surface area contributed by atoms with Crippen LogP contribution < -0.4 is 9.75 Å². The summed E-state index contributed by atoms with van der Waals surface area (Å²) in [4.78, 5) is 0. The SMILES string of the molecule is Cc1ccc2c(oc3c(C#N)ccc(-c4ccc([Si](C)(C)C)cc4)c32)c1-c1cccc[n+]1C. The van der Waals surface area contributed by atoms with Crippen LogP contribution in [0.15, 0.2) is 77.3 Å². The molecule has 2 aromatic heterocycles. The van der Waals surface area contributed by atoms with Crippen molar-refractivity contribution in [1.29, 1.82) is 5.26 Å². The van der Waals surface area contributed by atoms with Crippen LogP contribution in [-0.4, -0.2) is 8.07 Å². The second-order valence-electron chi connectivity index (χ2n) is 9.74. The van der Waals surface area contributed by atoms with Crippen molar-refractivity contribution in [1.82, 2.24) is 0 Å². The van der Waals surface area contributed by atoms with Crippen molar-refractivity contribution in [3.8, 4) is 28.5 Å². The predicted molar refractivity (Wildman–Crippen MR) is 138 cm³/mol. The van der Waals surface area contributed by atoms with E-state index in [9.17, 15) is 5.26 Å². The number of rotatable bonds is 3. The average molecular weight is 448 g/mol. The van der Waals surface area contributed by atoms with Gasteiger partial charge in [-0.25, -0.2) is 4.57 Å². The number of hydrogen-bond acceptors (Lipinski definition) is 2. The lowest BCUT2D eigenvalue weighted by Crippen LogP contribution is -2.37. The van der Waals surface area contributed by atoms with Crippen LogP contribution in [0.5, 0.6) is 0 Å². The van der Waals surface area contributed by atoms with Crippen molar-refractivity contribution < 1.29 is 8.98 Å². The summed E-state index contributed by atoms with van der Waals surface area (Å²) < 4.78 is 8.61. The highest BCUT2D eigenvalue weighted by atomic mass is 28.3. The largest absolute Gasteiger partial charge is 0.454 e. The summed E-state index contributed by atoms with van der Waals surface area (Å²) in [7, 11) is 0.667. The molecule has 0 saturated heterocycles. The van der Waals surface area contributed by atoms with Crippen LogP contribution in [0, 0.1) is 18.3 Å². The van der Waals surface area contributed by atoms with E-state index in [1.807, 2.05) is 31.4 Å². The number of aromatic nitrogens is 1. The smallest absolute Gasteiger partial charge is 0.216 e. The molecule has 4 heteroatoms. The van der Waals surface area contributed by atoms with Crippen LogP contribution in [0.25, 0.3) is 44.3 Å². The zero-order chi connectivity index (χ0) is 23.3. The third kappa shape index (κ3) is 3.46. The monoisotopic (exact) mass is 447 g/mol. The first-order valence-corrected chi connectivity index (χ1v) is 14.7. The molecule has 0 aliphatic rings. The Hall–Kier alpha value is -3.68. The molecule has 0 fully saturated rings. The molecule has 0 N–H and O–H groups in total. The average Bonchev–Trinajstić information content (AvgIpc) is 3.18. The normalized spacial score (nSPS) is 11.8. The van der Waals surface area contributed by atoms with Gasteiger partial charge in [-0.1, -0.05) is 67.3 Å². The molecule has 0 spiro atoms. The van der Waals surface area contributed by atoms with E-state index in [2.05, 4.69) is 85.7 Å². The molecule has 0 aliphatic carbocycles. The Bertz CT molecular complexity index is 1560. The number of benzene rings is 3. The summed E-state index contributed by atoms with van der Waals surface area (Å²) >= 11 is 0. The van der Waals surface area contributed by atoms with Gasteiger partial charge in [0.25, 0.3) is 0 Å². The van der Waals surface area contributed by atoms with Gasteiger partial charge in [0.05, 0.1) is 19.2 Å². The first kappa shape index (κ1) is 21.2. The van der Waals surface area contributed by atoms with E-state index < -0.39 is 8.07 Å². The minimum Gasteiger partial charge on any atom is -0.454 e. The van der Waals surface area contributed by atoms with Crippen molar-refractivity contribution in [2.75, 3.05) is 0 Å². The lowest BCUT2D eigenvalue weighted by atomic mass is 9.95. The Kier molecular flexibility index (Phi) is 4.95. The second-order valence-corrected chi connectivity index (χ2v) is 14.8. The number of nitriles is 1. The van der Waals surface area contributed by atoms with Gasteiger partial charge in [0.1, 0.15) is 18.7 Å². The summed E-state index contributed by atoms with van der Waals surface area (Å²) in [5, 5.41) is 13.3. The molecule has 33 heavy (non-hydrogen) atoms. The Labute approximate surface area is 195 Å². The second kappa shape index (κ2) is 7.72. The molecule has 0 unspecified atom stereocenters. The van der Waals surface area contributed by atoms with Crippen molar-refractivity contribution in [3.63, 3.8) is 0 Å². The quantitative estimate of drug-likeness (QED) is 0.235. The molecule has 5 aromatic rings. The zero-order valence-electron chi connectivity index (χ0n) is 19.7. The molecule has 2 heterocycles. The first-order valence-electron chi connectivity index (χ1n) is 11.2. The van der Waals surface area contributed by atoms with E-state index >= 15 is 0 Å². The van der Waals surface area contributed by atoms with Crippen molar-refractivity contribution in [3.05, 3.63) is 84.1 Å². The summed E-state index contributed by atoms with van der Waals surface area (Å²) in [5.74, 6) is 0. The molecule has 0 amide bonds. The topological polar surface area (TPSA) is 40.8 Å². The predicted octanol–water partition coefficient (Wildman–Crippen LogP) is 6.47. The van der Waals surface area contributed by atoms with Crippen LogP contribution in [0.2, 0.25) is 19.6 Å². The molecule has 162 valence electrons. The van der Waals surface area contributed by atoms with Gasteiger partial charge in [0.15, 0.2) is 11.8 Å². The van der Waals surface area contributed by atoms with Crippen LogP contribution in [0.3, 0.4) is 0 Å². The Balaban J connectivity index is 1.85. The van der Waals surface area contributed by atoms with Gasteiger partial charge in [-0.3, -0.25) is 0 Å². The van der Waals surface area contributed by atoms with Gasteiger partial charge in [0.2, 0.25) is 5.69 Å². The molecule has 3 nitrogen and oxygen atoms in total. The van der Waals surface area contributed by atoms with E-state index in [0.29, 0.717) is 11.1 Å². The lowest BCUT2D eigenvalue weighted by molar-refractivity contribution is -0.660. The van der Waals surface area contributed by atoms with Gasteiger partial charge in [-0.15, -0.1) is 0 Å². The Morgan fingerprint density at radius 3 is 2.30 bits per heavy atom. The van der Waals surface area contributed by atoms with Crippen LogP contribution in [0.4, 0.5) is 0 Å². The van der Waals surface area contributed by atoms with Gasteiger partial charge in [-0.05, 0) is 35.7 Å². The minimum atomic E-state index is -1.38. The van der Waals surface area contributed by atoms with Gasteiger partial charge < -0.3 is 4.42 Å². The summed E-state index contributed by atoms with van der Waals surface area (Å²) in [6.45, 7) is 9.19. The summed E-state index contributed by atoms with van der Waals surface area (Å²) in [5.41, 5.74) is 7.57.